The van der Waals surface area contributed by atoms with Crippen LogP contribution in [0.15, 0.2) is 30.5 Å². The van der Waals surface area contributed by atoms with E-state index in [0.717, 1.165) is 11.1 Å². The molecule has 0 saturated heterocycles. The topological polar surface area (TPSA) is 39.6 Å². The lowest BCUT2D eigenvalue weighted by molar-refractivity contribution is 0.639. The van der Waals surface area contributed by atoms with Gasteiger partial charge in [-0.1, -0.05) is 34.8 Å². The summed E-state index contributed by atoms with van der Waals surface area (Å²) in [5, 5.41) is 10.2. The van der Waals surface area contributed by atoms with Crippen molar-refractivity contribution >= 4 is 45.7 Å². The van der Waals surface area contributed by atoms with Gasteiger partial charge in [-0.25, -0.2) is 4.39 Å². The summed E-state index contributed by atoms with van der Waals surface area (Å²) in [6.45, 7) is 0. The fourth-order valence-electron chi connectivity index (χ4n) is 2.45. The fourth-order valence-corrected chi connectivity index (χ4v) is 3.04. The molecule has 0 bridgehead atoms. The number of H-pyrrole nitrogens is 1. The van der Waals surface area contributed by atoms with Crippen LogP contribution in [0.25, 0.3) is 22.0 Å². The molecule has 0 amide bonds. The summed E-state index contributed by atoms with van der Waals surface area (Å²) in [5.74, 6) is -0.378. The van der Waals surface area contributed by atoms with Crippen LogP contribution in [0.3, 0.4) is 0 Å². The first kappa shape index (κ1) is 15.2. The molecular formula is C16H8Cl3FN2. The number of aromatic nitrogens is 1. The Kier molecular flexibility index (Phi) is 4.01. The first-order valence-electron chi connectivity index (χ1n) is 6.33. The van der Waals surface area contributed by atoms with Gasteiger partial charge in [0.25, 0.3) is 0 Å². The minimum absolute atomic E-state index is 0.127. The van der Waals surface area contributed by atoms with Crippen LogP contribution in [-0.2, 0) is 6.42 Å². The van der Waals surface area contributed by atoms with Crippen LogP contribution < -0.4 is 0 Å². The number of nitrogens with one attached hydrogen (secondary N) is 1. The molecule has 1 N–H and O–H groups in total. The molecule has 0 aliphatic rings. The second-order valence-corrected chi connectivity index (χ2v) is 5.94. The molecule has 6 heteroatoms. The average molecular weight is 354 g/mol. The first-order chi connectivity index (χ1) is 10.5. The van der Waals surface area contributed by atoms with E-state index in [9.17, 15) is 4.39 Å². The van der Waals surface area contributed by atoms with Crippen LogP contribution >= 0.6 is 34.8 Å². The van der Waals surface area contributed by atoms with Crippen molar-refractivity contribution in [3.05, 3.63) is 56.9 Å². The quantitative estimate of drug-likeness (QED) is 0.564. The Hall–Kier alpha value is -1.73. The van der Waals surface area contributed by atoms with Crippen LogP contribution in [-0.4, -0.2) is 4.98 Å². The third kappa shape index (κ3) is 2.44. The summed E-state index contributed by atoms with van der Waals surface area (Å²) in [6, 6.07) is 8.38. The van der Waals surface area contributed by atoms with Crippen molar-refractivity contribution in [1.82, 2.24) is 4.98 Å². The minimum atomic E-state index is -0.378. The van der Waals surface area contributed by atoms with Crippen LogP contribution in [0.1, 0.15) is 5.56 Å². The van der Waals surface area contributed by atoms with Gasteiger partial charge in [-0.05, 0) is 35.4 Å². The minimum Gasteiger partial charge on any atom is -0.360 e. The smallest absolute Gasteiger partial charge is 0.132 e. The molecule has 0 spiro atoms. The number of rotatable bonds is 2. The Morgan fingerprint density at radius 1 is 1.14 bits per heavy atom. The van der Waals surface area contributed by atoms with E-state index in [2.05, 4.69) is 4.98 Å². The molecular weight excluding hydrogens is 346 g/mol. The Bertz CT molecular complexity index is 902. The van der Waals surface area contributed by atoms with Crippen LogP contribution in [0.5, 0.6) is 0 Å². The van der Waals surface area contributed by atoms with Gasteiger partial charge in [0.05, 0.1) is 33.1 Å². The molecule has 3 rings (SSSR count). The summed E-state index contributed by atoms with van der Waals surface area (Å²) in [6.07, 6.45) is 1.77. The fraction of sp³-hybridized carbons (Fsp3) is 0.0625. The summed E-state index contributed by atoms with van der Waals surface area (Å²) >= 11 is 18.1. The van der Waals surface area contributed by atoms with Crippen molar-refractivity contribution < 1.29 is 4.39 Å². The SMILES string of the molecule is N#CCc1c[nH]c2c(-c3cc(Cl)c(Cl)c(Cl)c3)ccc(F)c12. The number of nitrogens with zero attached hydrogens (tertiary/aromatic N) is 1. The molecule has 110 valence electrons. The van der Waals surface area contributed by atoms with Gasteiger partial charge in [-0.3, -0.25) is 0 Å². The predicted molar refractivity (Wildman–Crippen MR) is 88.0 cm³/mol. The van der Waals surface area contributed by atoms with Gasteiger partial charge in [0.15, 0.2) is 0 Å². The number of halogens is 4. The second-order valence-electron chi connectivity index (χ2n) is 4.75. The van der Waals surface area contributed by atoms with E-state index in [1.807, 2.05) is 6.07 Å². The zero-order valence-electron chi connectivity index (χ0n) is 11.1. The van der Waals surface area contributed by atoms with Crippen molar-refractivity contribution in [1.29, 1.82) is 5.26 Å². The maximum absolute atomic E-state index is 14.1. The molecule has 2 nitrogen and oxygen atoms in total. The highest BCUT2D eigenvalue weighted by Gasteiger charge is 2.15. The molecule has 1 aromatic heterocycles. The van der Waals surface area contributed by atoms with Gasteiger partial charge in [0.2, 0.25) is 0 Å². The highest BCUT2D eigenvalue weighted by molar-refractivity contribution is 6.48. The normalized spacial score (nSPS) is 10.9. The van der Waals surface area contributed by atoms with E-state index < -0.39 is 0 Å². The number of benzene rings is 2. The highest BCUT2D eigenvalue weighted by atomic mass is 35.5. The third-order valence-corrected chi connectivity index (χ3v) is 4.63. The average Bonchev–Trinajstić information content (AvgIpc) is 2.90. The van der Waals surface area contributed by atoms with Crippen LogP contribution in [0, 0.1) is 17.1 Å². The molecule has 0 radical (unpaired) electrons. The second kappa shape index (κ2) is 5.81. The summed E-state index contributed by atoms with van der Waals surface area (Å²) in [7, 11) is 0. The standard InChI is InChI=1S/C16H8Cl3FN2/c17-11-5-9(6-12(18)15(11)19)10-1-2-13(20)14-8(3-4-21)7-22-16(10)14/h1-2,5-7,22H,3H2. The zero-order chi connectivity index (χ0) is 15.9. The largest absolute Gasteiger partial charge is 0.360 e. The monoisotopic (exact) mass is 352 g/mol. The lowest BCUT2D eigenvalue weighted by Gasteiger charge is -2.08. The zero-order valence-corrected chi connectivity index (χ0v) is 13.3. The van der Waals surface area contributed by atoms with Gasteiger partial charge in [0, 0.05) is 17.1 Å². The first-order valence-corrected chi connectivity index (χ1v) is 7.46. The highest BCUT2D eigenvalue weighted by Crippen LogP contribution is 2.38. The van der Waals surface area contributed by atoms with Gasteiger partial charge in [0.1, 0.15) is 5.82 Å². The molecule has 0 saturated carbocycles. The number of hydrogen-bond donors (Lipinski definition) is 1. The summed E-state index contributed by atoms with van der Waals surface area (Å²) in [5.41, 5.74) is 2.67. The predicted octanol–water partition coefficient (Wildman–Crippen LogP) is 6.00. The number of fused-ring (bicyclic) bond motifs is 1. The van der Waals surface area contributed by atoms with Crippen molar-refractivity contribution in [2.75, 3.05) is 0 Å². The van der Waals surface area contributed by atoms with E-state index >= 15 is 0 Å². The third-order valence-electron chi connectivity index (χ3n) is 3.43. The molecule has 0 atom stereocenters. The van der Waals surface area contributed by atoms with E-state index in [1.54, 1.807) is 24.4 Å². The molecule has 0 aliphatic carbocycles. The van der Waals surface area contributed by atoms with E-state index in [-0.39, 0.29) is 17.3 Å². The van der Waals surface area contributed by atoms with E-state index in [4.69, 9.17) is 40.1 Å². The summed E-state index contributed by atoms with van der Waals surface area (Å²) < 4.78 is 14.1. The number of hydrogen-bond acceptors (Lipinski definition) is 1. The molecule has 0 unspecified atom stereocenters. The van der Waals surface area contributed by atoms with Crippen molar-refractivity contribution in [2.45, 2.75) is 6.42 Å². The molecule has 2 aromatic carbocycles. The molecule has 22 heavy (non-hydrogen) atoms. The van der Waals surface area contributed by atoms with Crippen molar-refractivity contribution in [3.63, 3.8) is 0 Å². The lowest BCUT2D eigenvalue weighted by Crippen LogP contribution is -1.87. The Balaban J connectivity index is 2.29. The van der Waals surface area contributed by atoms with Crippen LogP contribution in [0.2, 0.25) is 15.1 Å². The van der Waals surface area contributed by atoms with E-state index in [1.165, 1.54) is 6.07 Å². The molecule has 0 aliphatic heterocycles. The van der Waals surface area contributed by atoms with Gasteiger partial charge >= 0.3 is 0 Å². The lowest BCUT2D eigenvalue weighted by atomic mass is 10.0. The van der Waals surface area contributed by atoms with Crippen molar-refractivity contribution in [3.8, 4) is 17.2 Å². The summed E-state index contributed by atoms with van der Waals surface area (Å²) in [4.78, 5) is 3.02. The molecule has 0 fully saturated rings. The van der Waals surface area contributed by atoms with Gasteiger partial charge in [-0.2, -0.15) is 5.26 Å². The molecule has 3 aromatic rings. The van der Waals surface area contributed by atoms with Gasteiger partial charge in [-0.15, -0.1) is 0 Å². The molecule has 1 heterocycles. The number of nitriles is 1. The Morgan fingerprint density at radius 2 is 1.82 bits per heavy atom. The van der Waals surface area contributed by atoms with Gasteiger partial charge < -0.3 is 4.98 Å². The Labute approximate surface area is 141 Å². The number of aromatic amines is 1. The maximum Gasteiger partial charge on any atom is 0.132 e. The Morgan fingerprint density at radius 3 is 2.45 bits per heavy atom. The van der Waals surface area contributed by atoms with Crippen molar-refractivity contribution in [2.24, 2.45) is 0 Å². The van der Waals surface area contributed by atoms with E-state index in [0.29, 0.717) is 26.5 Å². The maximum atomic E-state index is 14.1. The van der Waals surface area contributed by atoms with Crippen LogP contribution in [0.4, 0.5) is 4.39 Å².